The first-order chi connectivity index (χ1) is 8.39. The van der Waals surface area contributed by atoms with Gasteiger partial charge < -0.3 is 10.6 Å². The minimum atomic E-state index is -2.87. The van der Waals surface area contributed by atoms with E-state index in [0.29, 0.717) is 6.42 Å². The number of hydrogen-bond donors (Lipinski definition) is 1. The van der Waals surface area contributed by atoms with Crippen molar-refractivity contribution in [1.82, 2.24) is 4.98 Å². The zero-order chi connectivity index (χ0) is 13.3. The molecule has 2 N–H and O–H groups in total. The van der Waals surface area contributed by atoms with Crippen LogP contribution in [-0.2, 0) is 9.84 Å². The second-order valence-corrected chi connectivity index (χ2v) is 7.13. The number of nitrogens with zero attached hydrogens (tertiary/aromatic N) is 2. The SMILES string of the molecule is C[C@H](N)c1ccnc(N(C)C2CCS(=O)(=O)C2)c1. The fourth-order valence-electron chi connectivity index (χ4n) is 2.18. The predicted molar refractivity (Wildman–Crippen MR) is 72.3 cm³/mol. The Bertz CT molecular complexity index is 528. The van der Waals surface area contributed by atoms with Gasteiger partial charge in [0.25, 0.3) is 0 Å². The molecule has 18 heavy (non-hydrogen) atoms. The Morgan fingerprint density at radius 2 is 2.28 bits per heavy atom. The second-order valence-electron chi connectivity index (χ2n) is 4.90. The summed E-state index contributed by atoms with van der Waals surface area (Å²) in [5.41, 5.74) is 6.84. The van der Waals surface area contributed by atoms with Crippen molar-refractivity contribution < 1.29 is 8.42 Å². The summed E-state index contributed by atoms with van der Waals surface area (Å²) in [6.45, 7) is 1.92. The van der Waals surface area contributed by atoms with Crippen molar-refractivity contribution in [2.75, 3.05) is 23.5 Å². The summed E-state index contributed by atoms with van der Waals surface area (Å²) in [5, 5.41) is 0. The molecule has 1 aliphatic rings. The fourth-order valence-corrected chi connectivity index (χ4v) is 3.95. The van der Waals surface area contributed by atoms with E-state index >= 15 is 0 Å². The second kappa shape index (κ2) is 4.85. The highest BCUT2D eigenvalue weighted by atomic mass is 32.2. The van der Waals surface area contributed by atoms with E-state index in [2.05, 4.69) is 4.98 Å². The molecule has 0 radical (unpaired) electrons. The molecule has 2 atom stereocenters. The van der Waals surface area contributed by atoms with Crippen LogP contribution in [0.3, 0.4) is 0 Å². The number of sulfone groups is 1. The molecule has 1 aliphatic heterocycles. The maximum absolute atomic E-state index is 11.5. The van der Waals surface area contributed by atoms with Crippen molar-refractivity contribution >= 4 is 15.7 Å². The molecule has 1 aromatic rings. The van der Waals surface area contributed by atoms with Crippen LogP contribution in [0, 0.1) is 0 Å². The van der Waals surface area contributed by atoms with Crippen molar-refractivity contribution in [3.05, 3.63) is 23.9 Å². The first-order valence-electron chi connectivity index (χ1n) is 6.04. The van der Waals surface area contributed by atoms with Gasteiger partial charge >= 0.3 is 0 Å². The van der Waals surface area contributed by atoms with E-state index in [-0.39, 0.29) is 23.6 Å². The molecule has 0 saturated carbocycles. The number of hydrogen-bond acceptors (Lipinski definition) is 5. The lowest BCUT2D eigenvalue weighted by molar-refractivity contribution is 0.600. The molecule has 0 spiro atoms. The molecule has 0 bridgehead atoms. The van der Waals surface area contributed by atoms with Gasteiger partial charge in [0, 0.05) is 25.3 Å². The van der Waals surface area contributed by atoms with Gasteiger partial charge in [-0.3, -0.25) is 0 Å². The topological polar surface area (TPSA) is 76.3 Å². The Hall–Kier alpha value is -1.14. The molecule has 5 nitrogen and oxygen atoms in total. The third-order valence-electron chi connectivity index (χ3n) is 3.41. The van der Waals surface area contributed by atoms with Gasteiger partial charge in [-0.1, -0.05) is 0 Å². The quantitative estimate of drug-likeness (QED) is 0.875. The molecule has 0 aliphatic carbocycles. The molecule has 1 unspecified atom stereocenters. The molecule has 1 aromatic heterocycles. The van der Waals surface area contributed by atoms with Crippen LogP contribution in [-0.4, -0.2) is 38.0 Å². The number of anilines is 1. The third-order valence-corrected chi connectivity index (χ3v) is 5.16. The molecular formula is C12H19N3O2S. The zero-order valence-corrected chi connectivity index (χ0v) is 11.5. The monoisotopic (exact) mass is 269 g/mol. The van der Waals surface area contributed by atoms with Crippen LogP contribution in [0.15, 0.2) is 18.3 Å². The van der Waals surface area contributed by atoms with Gasteiger partial charge in [-0.15, -0.1) is 0 Å². The Balaban J connectivity index is 2.19. The lowest BCUT2D eigenvalue weighted by Crippen LogP contribution is -2.33. The molecule has 2 rings (SSSR count). The largest absolute Gasteiger partial charge is 0.356 e. The molecule has 2 heterocycles. The number of pyridine rings is 1. The zero-order valence-electron chi connectivity index (χ0n) is 10.7. The minimum absolute atomic E-state index is 0.0193. The van der Waals surface area contributed by atoms with Gasteiger partial charge in [0.15, 0.2) is 9.84 Å². The van der Waals surface area contributed by atoms with Crippen molar-refractivity contribution in [1.29, 1.82) is 0 Å². The maximum Gasteiger partial charge on any atom is 0.152 e. The van der Waals surface area contributed by atoms with Gasteiger partial charge in [-0.2, -0.15) is 0 Å². The van der Waals surface area contributed by atoms with Crippen LogP contribution in [0.4, 0.5) is 5.82 Å². The lowest BCUT2D eigenvalue weighted by atomic mass is 10.1. The average molecular weight is 269 g/mol. The third kappa shape index (κ3) is 2.81. The first-order valence-corrected chi connectivity index (χ1v) is 7.86. The molecular weight excluding hydrogens is 250 g/mol. The number of aromatic nitrogens is 1. The number of rotatable bonds is 3. The predicted octanol–water partition coefficient (Wildman–Crippen LogP) is 0.725. The van der Waals surface area contributed by atoms with Crippen molar-refractivity contribution in [2.24, 2.45) is 5.73 Å². The van der Waals surface area contributed by atoms with Crippen LogP contribution < -0.4 is 10.6 Å². The summed E-state index contributed by atoms with van der Waals surface area (Å²) in [7, 11) is -0.981. The van der Waals surface area contributed by atoms with E-state index in [0.717, 1.165) is 11.4 Å². The normalized spacial score (nSPS) is 23.8. The van der Waals surface area contributed by atoms with E-state index in [1.54, 1.807) is 6.20 Å². The van der Waals surface area contributed by atoms with Crippen LogP contribution in [0.5, 0.6) is 0 Å². The van der Waals surface area contributed by atoms with Gasteiger partial charge in [-0.05, 0) is 31.0 Å². The Labute approximate surface area is 108 Å². The summed E-state index contributed by atoms with van der Waals surface area (Å²) in [6.07, 6.45) is 2.39. The van der Waals surface area contributed by atoms with Crippen molar-refractivity contribution in [3.63, 3.8) is 0 Å². The number of nitrogens with two attached hydrogens (primary N) is 1. The van der Waals surface area contributed by atoms with E-state index in [4.69, 9.17) is 5.73 Å². The Kier molecular flexibility index (Phi) is 3.59. The van der Waals surface area contributed by atoms with Gasteiger partial charge in [0.2, 0.25) is 0 Å². The highest BCUT2D eigenvalue weighted by molar-refractivity contribution is 7.91. The van der Waals surface area contributed by atoms with E-state index in [1.807, 2.05) is 31.0 Å². The smallest absolute Gasteiger partial charge is 0.152 e. The highest BCUT2D eigenvalue weighted by Crippen LogP contribution is 2.23. The Morgan fingerprint density at radius 1 is 1.56 bits per heavy atom. The molecule has 6 heteroatoms. The summed E-state index contributed by atoms with van der Waals surface area (Å²) in [6, 6.07) is 3.78. The standard InChI is InChI=1S/C12H19N3O2S/c1-9(13)10-3-5-14-12(7-10)15(2)11-4-6-18(16,17)8-11/h3,5,7,9,11H,4,6,8,13H2,1-2H3/t9-,11?/m0/s1. The first kappa shape index (κ1) is 13.3. The summed E-state index contributed by atoms with van der Waals surface area (Å²) in [4.78, 5) is 6.23. The van der Waals surface area contributed by atoms with Crippen LogP contribution in [0.1, 0.15) is 24.9 Å². The fraction of sp³-hybridized carbons (Fsp3) is 0.583. The van der Waals surface area contributed by atoms with E-state index in [9.17, 15) is 8.42 Å². The Morgan fingerprint density at radius 3 is 2.83 bits per heavy atom. The van der Waals surface area contributed by atoms with E-state index in [1.165, 1.54) is 0 Å². The maximum atomic E-state index is 11.5. The summed E-state index contributed by atoms with van der Waals surface area (Å²) in [5.74, 6) is 1.27. The van der Waals surface area contributed by atoms with Gasteiger partial charge in [0.05, 0.1) is 11.5 Å². The molecule has 1 fully saturated rings. The van der Waals surface area contributed by atoms with Crippen molar-refractivity contribution in [3.8, 4) is 0 Å². The molecule has 1 saturated heterocycles. The molecule has 0 aromatic carbocycles. The molecule has 0 amide bonds. The summed E-state index contributed by atoms with van der Waals surface area (Å²) >= 11 is 0. The van der Waals surface area contributed by atoms with E-state index < -0.39 is 9.84 Å². The van der Waals surface area contributed by atoms with Crippen LogP contribution >= 0.6 is 0 Å². The van der Waals surface area contributed by atoms with Gasteiger partial charge in [-0.25, -0.2) is 13.4 Å². The average Bonchev–Trinajstić information content (AvgIpc) is 2.69. The van der Waals surface area contributed by atoms with Crippen LogP contribution in [0.25, 0.3) is 0 Å². The molecule has 100 valence electrons. The van der Waals surface area contributed by atoms with Crippen LogP contribution in [0.2, 0.25) is 0 Å². The summed E-state index contributed by atoms with van der Waals surface area (Å²) < 4.78 is 23.0. The lowest BCUT2D eigenvalue weighted by Gasteiger charge is -2.25. The minimum Gasteiger partial charge on any atom is -0.356 e. The van der Waals surface area contributed by atoms with Gasteiger partial charge in [0.1, 0.15) is 5.82 Å². The highest BCUT2D eigenvalue weighted by Gasteiger charge is 2.31. The van der Waals surface area contributed by atoms with Crippen molar-refractivity contribution in [2.45, 2.75) is 25.4 Å².